The summed E-state index contributed by atoms with van der Waals surface area (Å²) in [6.07, 6.45) is -4.38. The highest BCUT2D eigenvalue weighted by molar-refractivity contribution is 6.76. The number of nitrogens with one attached hydrogen (secondary N) is 1. The first-order chi connectivity index (χ1) is 21.4. The van der Waals surface area contributed by atoms with Crippen molar-refractivity contribution in [1.29, 1.82) is 0 Å². The molecule has 2 N–H and O–H groups in total. The Morgan fingerprint density at radius 2 is 1.40 bits per heavy atom. The summed E-state index contributed by atoms with van der Waals surface area (Å²) < 4.78 is 20.8. The van der Waals surface area contributed by atoms with E-state index in [2.05, 4.69) is 5.32 Å². The van der Waals surface area contributed by atoms with Gasteiger partial charge in [-0.2, -0.15) is 0 Å². The zero-order valence-corrected chi connectivity index (χ0v) is 31.5. The minimum atomic E-state index is -2.55. The van der Waals surface area contributed by atoms with Crippen LogP contribution in [0.4, 0.5) is 0 Å². The topological polar surface area (TPSA) is 167 Å². The Kier molecular flexibility index (Phi) is 16.3. The van der Waals surface area contributed by atoms with E-state index in [0.29, 0.717) is 5.57 Å². The quantitative estimate of drug-likeness (QED) is 0.0870. The van der Waals surface area contributed by atoms with Crippen molar-refractivity contribution in [2.75, 3.05) is 19.8 Å². The molecule has 2 aliphatic heterocycles. The average Bonchev–Trinajstić information content (AvgIpc) is 3.71. The van der Waals surface area contributed by atoms with Crippen molar-refractivity contribution in [2.24, 2.45) is 11.8 Å². The molecule has 0 spiro atoms. The summed E-state index contributed by atoms with van der Waals surface area (Å²) in [5.74, 6) is -6.12. The number of carbonyl (C=O) groups excluding carboxylic acids is 5. The standard InChI is InChI=1S/C26H30Cl9NO11/c1-10(5-17(39)36-7-14(38)8-37)4-15-20(47-23(42)26(33,34)35)19(46-22(41)25(30,31)32)13(9-43-15)6-16-18(45-16)11(2)12(3)44-21(40)24(27,28)29/h5,11-13,15-16,18-20,37H,4,6-9H2,1-3H3,(H,36,39)/b10-5+/t11-,12-,13-,15-,16-,18-,19+,20-/m0/s1. The summed E-state index contributed by atoms with van der Waals surface area (Å²) in [5.41, 5.74) is 0.376. The van der Waals surface area contributed by atoms with E-state index >= 15 is 0 Å². The van der Waals surface area contributed by atoms with E-state index in [-0.39, 0.29) is 25.4 Å². The number of amides is 1. The highest BCUT2D eigenvalue weighted by atomic mass is 35.6. The van der Waals surface area contributed by atoms with Crippen LogP contribution < -0.4 is 5.32 Å². The summed E-state index contributed by atoms with van der Waals surface area (Å²) >= 11 is 51.4. The third kappa shape index (κ3) is 13.8. The van der Waals surface area contributed by atoms with Crippen LogP contribution in [-0.2, 0) is 47.7 Å². The summed E-state index contributed by atoms with van der Waals surface area (Å²) in [6.45, 7) is 3.61. The van der Waals surface area contributed by atoms with E-state index in [1.807, 2.05) is 0 Å². The van der Waals surface area contributed by atoms with Gasteiger partial charge in [0.2, 0.25) is 5.91 Å². The number of ether oxygens (including phenoxy) is 5. The van der Waals surface area contributed by atoms with Crippen LogP contribution in [0.1, 0.15) is 33.6 Å². The van der Waals surface area contributed by atoms with Crippen LogP contribution in [0.3, 0.4) is 0 Å². The molecule has 0 aromatic rings. The maximum Gasteiger partial charge on any atom is 0.359 e. The van der Waals surface area contributed by atoms with Crippen molar-refractivity contribution in [3.8, 4) is 0 Å². The molecule has 21 heteroatoms. The molecule has 0 aromatic carbocycles. The second kappa shape index (κ2) is 17.8. The molecule has 268 valence electrons. The smallest absolute Gasteiger partial charge is 0.359 e. The Morgan fingerprint density at radius 3 is 1.91 bits per heavy atom. The minimum absolute atomic E-state index is 0.0839. The Morgan fingerprint density at radius 1 is 0.872 bits per heavy atom. The molecule has 0 saturated carbocycles. The lowest BCUT2D eigenvalue weighted by molar-refractivity contribution is -0.208. The number of rotatable bonds is 13. The van der Waals surface area contributed by atoms with Gasteiger partial charge in [0.25, 0.3) is 11.4 Å². The normalized spacial score (nSPS) is 26.4. The van der Waals surface area contributed by atoms with Gasteiger partial charge in [0, 0.05) is 17.9 Å². The van der Waals surface area contributed by atoms with E-state index < -0.39 is 96.7 Å². The monoisotopic (exact) mass is 847 g/mol. The molecule has 2 heterocycles. The van der Waals surface area contributed by atoms with Gasteiger partial charge in [0.15, 0.2) is 11.9 Å². The lowest BCUT2D eigenvalue weighted by Crippen LogP contribution is -2.55. The van der Waals surface area contributed by atoms with Gasteiger partial charge in [-0.1, -0.05) is 117 Å². The molecule has 0 aromatic heterocycles. The van der Waals surface area contributed by atoms with E-state index in [9.17, 15) is 24.0 Å². The highest BCUT2D eigenvalue weighted by Gasteiger charge is 2.54. The van der Waals surface area contributed by atoms with E-state index in [1.54, 1.807) is 20.8 Å². The number of halogens is 9. The lowest BCUT2D eigenvalue weighted by Gasteiger charge is -2.42. The molecule has 12 nitrogen and oxygen atoms in total. The number of esters is 3. The molecule has 47 heavy (non-hydrogen) atoms. The molecule has 0 bridgehead atoms. The van der Waals surface area contributed by atoms with Crippen LogP contribution in [0.25, 0.3) is 0 Å². The van der Waals surface area contributed by atoms with Gasteiger partial charge in [-0.25, -0.2) is 14.4 Å². The zero-order valence-electron chi connectivity index (χ0n) is 24.7. The first kappa shape index (κ1) is 42.9. The molecule has 0 aliphatic carbocycles. The summed E-state index contributed by atoms with van der Waals surface area (Å²) in [5, 5.41) is 11.2. The highest BCUT2D eigenvalue weighted by Crippen LogP contribution is 2.42. The van der Waals surface area contributed by atoms with Crippen LogP contribution in [0, 0.1) is 11.8 Å². The third-order valence-corrected chi connectivity index (χ3v) is 8.49. The van der Waals surface area contributed by atoms with Gasteiger partial charge >= 0.3 is 17.9 Å². The molecule has 2 aliphatic rings. The van der Waals surface area contributed by atoms with Gasteiger partial charge < -0.3 is 34.1 Å². The van der Waals surface area contributed by atoms with Gasteiger partial charge in [-0.05, 0) is 26.7 Å². The first-order valence-electron chi connectivity index (χ1n) is 13.6. The lowest BCUT2D eigenvalue weighted by atomic mass is 9.85. The Bertz CT molecular complexity index is 1200. The van der Waals surface area contributed by atoms with Crippen LogP contribution in [0.15, 0.2) is 11.6 Å². The predicted octanol–water partition coefficient (Wildman–Crippen LogP) is 4.67. The van der Waals surface area contributed by atoms with Crippen molar-refractivity contribution in [3.63, 3.8) is 0 Å². The molecular formula is C26H30Cl9NO11. The molecular weight excluding hydrogens is 821 g/mol. The van der Waals surface area contributed by atoms with Crippen LogP contribution >= 0.6 is 104 Å². The largest absolute Gasteiger partial charge is 0.459 e. The van der Waals surface area contributed by atoms with Crippen LogP contribution in [0.5, 0.6) is 0 Å². The van der Waals surface area contributed by atoms with Gasteiger partial charge in [0.05, 0.1) is 25.4 Å². The number of carbonyl (C=O) groups is 5. The SMILES string of the molecule is C/C(=C\C(=O)NCC(=O)CO)C[C@@H]1OC[C@H](C[C@@H]2O[C@H]2[C@@H](C)[C@H](C)OC(=O)C(Cl)(Cl)Cl)[C@@H](OC(=O)C(Cl)(Cl)Cl)[C@H]1OC(=O)C(Cl)(Cl)Cl. The number of alkyl halides is 9. The molecule has 0 unspecified atom stereocenters. The second-order valence-electron chi connectivity index (χ2n) is 10.8. The van der Waals surface area contributed by atoms with Crippen LogP contribution in [0.2, 0.25) is 0 Å². The summed E-state index contributed by atoms with van der Waals surface area (Å²) in [4.78, 5) is 61.1. The van der Waals surface area contributed by atoms with E-state index in [1.165, 1.54) is 0 Å². The van der Waals surface area contributed by atoms with Crippen molar-refractivity contribution < 1.29 is 52.8 Å². The first-order valence-corrected chi connectivity index (χ1v) is 17.0. The van der Waals surface area contributed by atoms with Crippen molar-refractivity contribution in [3.05, 3.63) is 11.6 Å². The number of hydrogen-bond donors (Lipinski definition) is 2. The predicted molar refractivity (Wildman–Crippen MR) is 175 cm³/mol. The molecule has 8 atom stereocenters. The number of ketones is 1. The third-order valence-electron chi connectivity index (χ3n) is 7.11. The number of aliphatic hydroxyl groups excluding tert-OH is 1. The Labute approximate surface area is 315 Å². The number of aliphatic hydroxyl groups is 1. The molecule has 1 amide bonds. The fourth-order valence-corrected chi connectivity index (χ4v) is 4.99. The minimum Gasteiger partial charge on any atom is -0.459 e. The summed E-state index contributed by atoms with van der Waals surface area (Å²) in [6, 6.07) is 0. The van der Waals surface area contributed by atoms with Crippen molar-refractivity contribution >= 4 is 134 Å². The van der Waals surface area contributed by atoms with Gasteiger partial charge in [0.1, 0.15) is 24.9 Å². The molecule has 2 fully saturated rings. The summed E-state index contributed by atoms with van der Waals surface area (Å²) in [7, 11) is 0. The number of hydrogen-bond acceptors (Lipinski definition) is 11. The Hall–Kier alpha value is -0.220. The fraction of sp³-hybridized carbons (Fsp3) is 0.731. The van der Waals surface area contributed by atoms with Gasteiger partial charge in [-0.3, -0.25) is 9.59 Å². The number of Topliss-reactive ketones (excluding diaryl/α,β-unsaturated/α-hetero) is 1. The van der Waals surface area contributed by atoms with E-state index in [0.717, 1.165) is 6.08 Å². The number of epoxide rings is 1. The fourth-order valence-electron chi connectivity index (χ4n) is 4.59. The van der Waals surface area contributed by atoms with E-state index in [4.69, 9.17) is 133 Å². The maximum absolute atomic E-state index is 12.8. The average molecular weight is 852 g/mol. The zero-order chi connectivity index (χ0) is 36.1. The van der Waals surface area contributed by atoms with Crippen molar-refractivity contribution in [2.45, 2.75) is 81.6 Å². The maximum atomic E-state index is 12.8. The molecule has 2 rings (SSSR count). The van der Waals surface area contributed by atoms with Gasteiger partial charge in [-0.15, -0.1) is 0 Å². The molecule has 2 saturated heterocycles. The Balaban J connectivity index is 2.32. The van der Waals surface area contributed by atoms with Crippen LogP contribution in [-0.4, -0.2) is 102 Å². The molecule has 0 radical (unpaired) electrons. The second-order valence-corrected chi connectivity index (χ2v) is 17.7. The van der Waals surface area contributed by atoms with Crippen molar-refractivity contribution in [1.82, 2.24) is 5.32 Å².